The van der Waals surface area contributed by atoms with Crippen LogP contribution in [0.2, 0.25) is 0 Å². The van der Waals surface area contributed by atoms with E-state index in [9.17, 15) is 22.8 Å². The zero-order valence-electron chi connectivity index (χ0n) is 16.0. The summed E-state index contributed by atoms with van der Waals surface area (Å²) in [6.45, 7) is 1.92. The highest BCUT2D eigenvalue weighted by atomic mass is 19.4. The van der Waals surface area contributed by atoms with Crippen molar-refractivity contribution in [1.82, 2.24) is 15.2 Å². The van der Waals surface area contributed by atoms with Crippen molar-refractivity contribution < 1.29 is 22.8 Å². The fourth-order valence-corrected chi connectivity index (χ4v) is 3.48. The number of alkyl halides is 3. The Hall–Kier alpha value is -2.90. The van der Waals surface area contributed by atoms with Gasteiger partial charge in [-0.1, -0.05) is 18.2 Å². The van der Waals surface area contributed by atoms with Crippen LogP contribution in [0.3, 0.4) is 0 Å². The van der Waals surface area contributed by atoms with Gasteiger partial charge in [0, 0.05) is 25.6 Å². The number of amides is 2. The Bertz CT molecular complexity index is 881. The van der Waals surface area contributed by atoms with E-state index in [1.54, 1.807) is 4.90 Å². The number of halogens is 3. The first-order chi connectivity index (χ1) is 13.7. The predicted molar refractivity (Wildman–Crippen MR) is 101 cm³/mol. The molecule has 29 heavy (non-hydrogen) atoms. The smallest absolute Gasteiger partial charge is 0.347 e. The van der Waals surface area contributed by atoms with Crippen LogP contribution < -0.4 is 5.32 Å². The molecule has 154 valence electrons. The Morgan fingerprint density at radius 1 is 1.17 bits per heavy atom. The minimum absolute atomic E-state index is 0.0446. The quantitative estimate of drug-likeness (QED) is 0.828. The fourth-order valence-electron chi connectivity index (χ4n) is 3.48. The van der Waals surface area contributed by atoms with E-state index in [4.69, 9.17) is 0 Å². The first-order valence-corrected chi connectivity index (χ1v) is 9.40. The minimum atomic E-state index is -4.35. The summed E-state index contributed by atoms with van der Waals surface area (Å²) in [5.41, 5.74) is 1.53. The normalized spacial score (nSPS) is 16.7. The minimum Gasteiger partial charge on any atom is -0.347 e. The molecule has 1 aromatic heterocycles. The number of carbonyl (C=O) groups excluding carboxylic acids is 2. The Morgan fingerprint density at radius 2 is 1.90 bits per heavy atom. The molecule has 3 rings (SSSR count). The van der Waals surface area contributed by atoms with Crippen molar-refractivity contribution in [3.63, 3.8) is 0 Å². The van der Waals surface area contributed by atoms with Gasteiger partial charge in [-0.3, -0.25) is 14.6 Å². The third-order valence-corrected chi connectivity index (χ3v) is 4.90. The summed E-state index contributed by atoms with van der Waals surface area (Å²) >= 11 is 0. The van der Waals surface area contributed by atoms with E-state index in [2.05, 4.69) is 10.3 Å². The van der Waals surface area contributed by atoms with Crippen molar-refractivity contribution in [1.29, 1.82) is 0 Å². The molecule has 0 spiro atoms. The number of nitrogens with zero attached hydrogens (tertiary/aromatic N) is 2. The number of rotatable bonds is 5. The lowest BCUT2D eigenvalue weighted by atomic mass is 10.1. The van der Waals surface area contributed by atoms with Gasteiger partial charge in [-0.15, -0.1) is 0 Å². The Morgan fingerprint density at radius 3 is 2.55 bits per heavy atom. The Balaban J connectivity index is 1.72. The number of aromatic nitrogens is 1. The van der Waals surface area contributed by atoms with Crippen molar-refractivity contribution in [2.24, 2.45) is 0 Å². The van der Waals surface area contributed by atoms with Crippen LogP contribution in [-0.2, 0) is 22.2 Å². The Kier molecular flexibility index (Phi) is 6.20. The highest BCUT2D eigenvalue weighted by molar-refractivity contribution is 5.84. The fraction of sp³-hybridized carbons (Fsp3) is 0.381. The van der Waals surface area contributed by atoms with E-state index in [1.807, 2.05) is 18.2 Å². The van der Waals surface area contributed by atoms with Crippen LogP contribution in [0.4, 0.5) is 13.2 Å². The molecule has 1 aliphatic heterocycles. The predicted octanol–water partition coefficient (Wildman–Crippen LogP) is 3.49. The van der Waals surface area contributed by atoms with E-state index in [-0.39, 0.29) is 24.4 Å². The van der Waals surface area contributed by atoms with E-state index in [0.29, 0.717) is 13.0 Å². The first kappa shape index (κ1) is 20.8. The average Bonchev–Trinajstić information content (AvgIpc) is 3.16. The van der Waals surface area contributed by atoms with Crippen molar-refractivity contribution in [2.75, 3.05) is 13.1 Å². The molecule has 0 radical (unpaired) electrons. The lowest BCUT2D eigenvalue weighted by molar-refractivity contribution is -0.137. The van der Waals surface area contributed by atoms with Gasteiger partial charge in [-0.25, -0.2) is 0 Å². The van der Waals surface area contributed by atoms with Crippen LogP contribution in [0.15, 0.2) is 42.5 Å². The molecule has 1 fully saturated rings. The van der Waals surface area contributed by atoms with Gasteiger partial charge in [0.25, 0.3) is 0 Å². The van der Waals surface area contributed by atoms with Gasteiger partial charge in [0.15, 0.2) is 0 Å². The maximum atomic E-state index is 12.7. The molecule has 1 atom stereocenters. The number of carbonyl (C=O) groups is 2. The van der Waals surface area contributed by atoms with Crippen LogP contribution in [-0.4, -0.2) is 34.8 Å². The molecule has 1 saturated heterocycles. The zero-order valence-corrected chi connectivity index (χ0v) is 16.0. The molecule has 1 aromatic carbocycles. The third-order valence-electron chi connectivity index (χ3n) is 4.90. The van der Waals surface area contributed by atoms with Gasteiger partial charge in [-0.2, -0.15) is 13.2 Å². The lowest BCUT2D eigenvalue weighted by Gasteiger charge is -2.24. The lowest BCUT2D eigenvalue weighted by Crippen LogP contribution is -2.39. The van der Waals surface area contributed by atoms with Crippen LogP contribution >= 0.6 is 0 Å². The van der Waals surface area contributed by atoms with Gasteiger partial charge < -0.3 is 10.2 Å². The molecule has 5 nitrogen and oxygen atoms in total. The third kappa shape index (κ3) is 5.34. The molecular formula is C21H22F3N3O2. The number of benzene rings is 1. The number of pyridine rings is 1. The molecule has 8 heteroatoms. The van der Waals surface area contributed by atoms with Crippen molar-refractivity contribution in [3.8, 4) is 0 Å². The molecular weight excluding hydrogens is 383 g/mol. The molecule has 0 saturated carbocycles. The van der Waals surface area contributed by atoms with Gasteiger partial charge in [-0.05, 0) is 42.7 Å². The number of nitrogens with one attached hydrogen (secondary N) is 1. The van der Waals surface area contributed by atoms with E-state index in [0.717, 1.165) is 41.9 Å². The molecule has 0 bridgehead atoms. The van der Waals surface area contributed by atoms with Gasteiger partial charge in [0.05, 0.1) is 23.8 Å². The number of hydrogen-bond acceptors (Lipinski definition) is 3. The molecule has 0 unspecified atom stereocenters. The Labute approximate surface area is 166 Å². The van der Waals surface area contributed by atoms with Crippen molar-refractivity contribution in [3.05, 3.63) is 65.0 Å². The van der Waals surface area contributed by atoms with E-state index < -0.39 is 11.7 Å². The van der Waals surface area contributed by atoms with Crippen molar-refractivity contribution in [2.45, 2.75) is 38.4 Å². The largest absolute Gasteiger partial charge is 0.416 e. The first-order valence-electron chi connectivity index (χ1n) is 9.40. The molecule has 2 amide bonds. The second kappa shape index (κ2) is 8.63. The summed E-state index contributed by atoms with van der Waals surface area (Å²) in [6, 6.07) is 10.4. The van der Waals surface area contributed by atoms with E-state index >= 15 is 0 Å². The highest BCUT2D eigenvalue weighted by Gasteiger charge is 2.31. The van der Waals surface area contributed by atoms with Gasteiger partial charge in [0.1, 0.15) is 0 Å². The highest BCUT2D eigenvalue weighted by Crippen LogP contribution is 2.31. The van der Waals surface area contributed by atoms with Crippen LogP contribution in [0.1, 0.15) is 48.3 Å². The topological polar surface area (TPSA) is 62.3 Å². The molecule has 0 aliphatic carbocycles. The monoisotopic (exact) mass is 405 g/mol. The zero-order chi connectivity index (χ0) is 21.0. The summed E-state index contributed by atoms with van der Waals surface area (Å²) < 4.78 is 38.1. The number of likely N-dealkylation sites (tertiary alicyclic amines) is 1. The summed E-state index contributed by atoms with van der Waals surface area (Å²) in [4.78, 5) is 29.8. The SMILES string of the molecule is CC(=O)NCC(=O)N1CCC[C@H]1c1cccc(Cc2ccc(C(F)(F)F)cc2)n1. The van der Waals surface area contributed by atoms with Crippen LogP contribution in [0.5, 0.6) is 0 Å². The van der Waals surface area contributed by atoms with E-state index in [1.165, 1.54) is 19.1 Å². The van der Waals surface area contributed by atoms with Crippen LogP contribution in [0, 0.1) is 0 Å². The second-order valence-electron chi connectivity index (χ2n) is 7.08. The summed E-state index contributed by atoms with van der Waals surface area (Å²) in [5.74, 6) is -0.414. The average molecular weight is 405 g/mol. The molecule has 2 aromatic rings. The summed E-state index contributed by atoms with van der Waals surface area (Å²) in [6.07, 6.45) is -2.32. The maximum absolute atomic E-state index is 12.7. The van der Waals surface area contributed by atoms with Crippen LogP contribution in [0.25, 0.3) is 0 Å². The molecule has 1 N–H and O–H groups in total. The summed E-state index contributed by atoms with van der Waals surface area (Å²) in [5, 5.41) is 2.52. The van der Waals surface area contributed by atoms with Crippen molar-refractivity contribution >= 4 is 11.8 Å². The standard InChI is InChI=1S/C21H22F3N3O2/c1-14(28)25-13-20(29)27-11-3-6-19(27)18-5-2-4-17(26-18)12-15-7-9-16(10-8-15)21(22,23)24/h2,4-5,7-10,19H,3,6,11-13H2,1H3,(H,25,28)/t19-/m0/s1. The maximum Gasteiger partial charge on any atom is 0.416 e. The second-order valence-corrected chi connectivity index (χ2v) is 7.08. The summed E-state index contributed by atoms with van der Waals surface area (Å²) in [7, 11) is 0. The molecule has 1 aliphatic rings. The molecule has 2 heterocycles. The van der Waals surface area contributed by atoms with Gasteiger partial charge >= 0.3 is 6.18 Å². The number of hydrogen-bond donors (Lipinski definition) is 1. The van der Waals surface area contributed by atoms with Gasteiger partial charge in [0.2, 0.25) is 11.8 Å².